The van der Waals surface area contributed by atoms with Gasteiger partial charge < -0.3 is 9.80 Å². The summed E-state index contributed by atoms with van der Waals surface area (Å²) in [7, 11) is 0. The molecule has 0 saturated carbocycles. The van der Waals surface area contributed by atoms with Crippen molar-refractivity contribution < 1.29 is 9.59 Å². The van der Waals surface area contributed by atoms with Crippen molar-refractivity contribution in [2.45, 2.75) is 247 Å². The molecule has 2 unspecified atom stereocenters. The second-order valence-electron chi connectivity index (χ2n) is 21.4. The minimum absolute atomic E-state index is 0.0587. The van der Waals surface area contributed by atoms with E-state index >= 15 is 9.59 Å². The van der Waals surface area contributed by atoms with Gasteiger partial charge in [-0.15, -0.1) is 45.3 Å². The van der Waals surface area contributed by atoms with Crippen LogP contribution >= 0.6 is 45.3 Å². The summed E-state index contributed by atoms with van der Waals surface area (Å²) in [5.41, 5.74) is 3.15. The van der Waals surface area contributed by atoms with Crippen molar-refractivity contribution in [3.63, 3.8) is 0 Å². The quantitative estimate of drug-likeness (QED) is 0.0418. The summed E-state index contributed by atoms with van der Waals surface area (Å²) in [5, 5.41) is 0. The molecule has 4 aromatic heterocycles. The van der Waals surface area contributed by atoms with Crippen LogP contribution in [0.25, 0.3) is 30.5 Å². The standard InChI is InChI=1S/C62H94N2O2S4/c1-7-11-15-19-23-25-29-33-37-49(35-31-27-21-17-13-9-3)45-63-59(52-40-39-47(5)67-52)57-58(62(63)66)60(53-42-41-51(69-53)55-44-56-54(70-55)43-48(6)68-56)64(61(57)65)46-50(36-32-28-22-18-14-10-4)38-34-30-26-24-20-16-12-8-2/h39-44,49-50H,7-38,45-46H2,1-6H3. The van der Waals surface area contributed by atoms with Crippen LogP contribution in [0.1, 0.15) is 253 Å². The largest absolute Gasteiger partial charge is 0.306 e. The first-order chi connectivity index (χ1) is 34.3. The van der Waals surface area contributed by atoms with Gasteiger partial charge in [-0.1, -0.05) is 207 Å². The van der Waals surface area contributed by atoms with Gasteiger partial charge in [0.1, 0.15) is 0 Å². The van der Waals surface area contributed by atoms with E-state index in [9.17, 15) is 0 Å². The number of amides is 2. The maximum absolute atomic E-state index is 15.7. The summed E-state index contributed by atoms with van der Waals surface area (Å²) in [6.07, 6.45) is 41.0. The number of hydrogen-bond donors (Lipinski definition) is 0. The van der Waals surface area contributed by atoms with Crippen molar-refractivity contribution in [1.82, 2.24) is 9.80 Å². The van der Waals surface area contributed by atoms with Gasteiger partial charge in [0.25, 0.3) is 11.8 Å². The lowest BCUT2D eigenvalue weighted by atomic mass is 9.93. The molecule has 70 heavy (non-hydrogen) atoms. The predicted octanol–water partition coefficient (Wildman–Crippen LogP) is 21.0. The second kappa shape index (κ2) is 31.3. The summed E-state index contributed by atoms with van der Waals surface area (Å²) in [6.45, 7) is 14.9. The first-order valence-corrected chi connectivity index (χ1v) is 32.3. The molecular weight excluding hydrogens is 933 g/mol. The van der Waals surface area contributed by atoms with E-state index in [1.807, 2.05) is 22.7 Å². The highest BCUT2D eigenvalue weighted by Crippen LogP contribution is 2.51. The second-order valence-corrected chi connectivity index (χ2v) is 26.2. The van der Waals surface area contributed by atoms with Gasteiger partial charge in [-0.3, -0.25) is 9.59 Å². The number of carbonyl (C=O) groups excluding carboxylic acids is 2. The number of rotatable bonds is 39. The van der Waals surface area contributed by atoms with Crippen molar-refractivity contribution in [3.8, 4) is 9.75 Å². The van der Waals surface area contributed by atoms with Crippen LogP contribution in [-0.2, 0) is 9.59 Å². The summed E-state index contributed by atoms with van der Waals surface area (Å²) in [6, 6.07) is 13.5. The number of hydrogen-bond acceptors (Lipinski definition) is 6. The Morgan fingerprint density at radius 2 is 0.729 bits per heavy atom. The minimum Gasteiger partial charge on any atom is -0.306 e. The van der Waals surface area contributed by atoms with E-state index in [0.717, 1.165) is 46.8 Å². The van der Waals surface area contributed by atoms with E-state index < -0.39 is 0 Å². The van der Waals surface area contributed by atoms with E-state index in [1.54, 1.807) is 22.7 Å². The fourth-order valence-electron chi connectivity index (χ4n) is 11.2. The number of fused-ring (bicyclic) bond motifs is 2. The lowest BCUT2D eigenvalue weighted by Gasteiger charge is -2.29. The smallest absolute Gasteiger partial charge is 0.261 e. The van der Waals surface area contributed by atoms with Crippen LogP contribution in [0.4, 0.5) is 0 Å². The Kier molecular flexibility index (Phi) is 25.4. The molecule has 388 valence electrons. The first-order valence-electron chi connectivity index (χ1n) is 29.1. The highest BCUT2D eigenvalue weighted by atomic mass is 32.1. The van der Waals surface area contributed by atoms with E-state index in [2.05, 4.69) is 87.7 Å². The van der Waals surface area contributed by atoms with Crippen LogP contribution in [0.15, 0.2) is 47.5 Å². The molecule has 2 aliphatic rings. The van der Waals surface area contributed by atoms with Gasteiger partial charge in [-0.2, -0.15) is 0 Å². The number of unbranched alkanes of at least 4 members (excludes halogenated alkanes) is 24. The number of carbonyl (C=O) groups is 2. The van der Waals surface area contributed by atoms with E-state index in [0.29, 0.717) is 36.1 Å². The number of aryl methyl sites for hydroxylation is 2. The SMILES string of the molecule is CCCCCCCCCCC(CCCCCCCC)CN1C(=O)C2=C(c3ccc(-c4cc5sc(C)cc5s4)s3)N(CC(CCCCCCCC)CCCCCCCCCC)C(=O)C2=C1c1ccc(C)s1. The third-order valence-corrected chi connectivity index (χ3v) is 19.8. The molecule has 2 amide bonds. The van der Waals surface area contributed by atoms with Gasteiger partial charge in [-0.05, 0) is 87.8 Å². The average molecular weight is 1030 g/mol. The molecule has 0 radical (unpaired) electrons. The Balaban J connectivity index is 1.33. The first kappa shape index (κ1) is 56.8. The third kappa shape index (κ3) is 16.8. The molecule has 0 spiro atoms. The van der Waals surface area contributed by atoms with Gasteiger partial charge in [0.05, 0.1) is 32.3 Å². The van der Waals surface area contributed by atoms with Gasteiger partial charge in [0.15, 0.2) is 0 Å². The van der Waals surface area contributed by atoms with Crippen LogP contribution in [0.3, 0.4) is 0 Å². The number of thiophene rings is 4. The predicted molar refractivity (Wildman–Crippen MR) is 311 cm³/mol. The molecule has 0 aromatic carbocycles. The lowest BCUT2D eigenvalue weighted by Crippen LogP contribution is -2.34. The Morgan fingerprint density at radius 1 is 0.371 bits per heavy atom. The highest BCUT2D eigenvalue weighted by molar-refractivity contribution is 7.31. The molecule has 4 nitrogen and oxygen atoms in total. The summed E-state index contributed by atoms with van der Waals surface area (Å²) < 4.78 is 2.69. The molecule has 0 bridgehead atoms. The van der Waals surface area contributed by atoms with E-state index in [1.165, 1.54) is 209 Å². The van der Waals surface area contributed by atoms with Gasteiger partial charge >= 0.3 is 0 Å². The van der Waals surface area contributed by atoms with Gasteiger partial charge in [-0.25, -0.2) is 0 Å². The number of nitrogens with zero attached hydrogens (tertiary/aromatic N) is 2. The Bertz CT molecular complexity index is 2180. The van der Waals surface area contributed by atoms with Crippen LogP contribution in [-0.4, -0.2) is 34.7 Å². The fraction of sp³-hybridized carbons (Fsp3) is 0.677. The van der Waals surface area contributed by atoms with Crippen molar-refractivity contribution in [2.75, 3.05) is 13.1 Å². The van der Waals surface area contributed by atoms with Crippen molar-refractivity contribution >= 4 is 78.0 Å². The fourth-order valence-corrected chi connectivity index (χ4v) is 15.6. The monoisotopic (exact) mass is 1030 g/mol. The lowest BCUT2D eigenvalue weighted by molar-refractivity contribution is -0.124. The van der Waals surface area contributed by atoms with E-state index in [4.69, 9.17) is 0 Å². The van der Waals surface area contributed by atoms with E-state index in [-0.39, 0.29) is 11.8 Å². The van der Waals surface area contributed by atoms with Crippen LogP contribution in [0.2, 0.25) is 0 Å². The zero-order valence-corrected chi connectivity index (χ0v) is 48.3. The highest BCUT2D eigenvalue weighted by Gasteiger charge is 2.50. The Labute approximate surface area is 443 Å². The molecule has 6 heterocycles. The molecule has 2 atom stereocenters. The third-order valence-electron chi connectivity index (χ3n) is 15.3. The summed E-state index contributed by atoms with van der Waals surface area (Å²) in [5.74, 6) is 0.940. The molecule has 4 aromatic rings. The Morgan fingerprint density at radius 3 is 1.11 bits per heavy atom. The normalized spacial score (nSPS) is 15.0. The minimum atomic E-state index is 0.0587. The van der Waals surface area contributed by atoms with Crippen molar-refractivity contribution in [2.24, 2.45) is 11.8 Å². The zero-order chi connectivity index (χ0) is 49.5. The molecule has 0 N–H and O–H groups in total. The van der Waals surface area contributed by atoms with Gasteiger partial charge in [0, 0.05) is 42.0 Å². The van der Waals surface area contributed by atoms with Crippen LogP contribution in [0.5, 0.6) is 0 Å². The van der Waals surface area contributed by atoms with Crippen LogP contribution in [0, 0.1) is 25.7 Å². The summed E-state index contributed by atoms with van der Waals surface area (Å²) >= 11 is 7.26. The zero-order valence-electron chi connectivity index (χ0n) is 45.0. The maximum Gasteiger partial charge on any atom is 0.261 e. The summed E-state index contributed by atoms with van der Waals surface area (Å²) in [4.78, 5) is 42.9. The topological polar surface area (TPSA) is 40.6 Å². The molecule has 0 fully saturated rings. The average Bonchev–Trinajstić information content (AvgIpc) is 4.22. The van der Waals surface area contributed by atoms with Gasteiger partial charge in [0.2, 0.25) is 0 Å². The van der Waals surface area contributed by atoms with Crippen LogP contribution < -0.4 is 0 Å². The Hall–Kier alpha value is -2.52. The maximum atomic E-state index is 15.7. The van der Waals surface area contributed by atoms with Crippen molar-refractivity contribution in [3.05, 3.63) is 67.1 Å². The molecule has 0 aliphatic carbocycles. The molecule has 2 aliphatic heterocycles. The molecule has 6 rings (SSSR count). The molecule has 8 heteroatoms. The molecule has 0 saturated heterocycles. The molecular formula is C62H94N2O2S4. The van der Waals surface area contributed by atoms with Crippen molar-refractivity contribution in [1.29, 1.82) is 0 Å².